The van der Waals surface area contributed by atoms with Crippen molar-refractivity contribution in [2.24, 2.45) is 0 Å². The summed E-state index contributed by atoms with van der Waals surface area (Å²) in [6.07, 6.45) is 1.67. The monoisotopic (exact) mass is 509 g/mol. The third-order valence-electron chi connectivity index (χ3n) is 4.76. The third kappa shape index (κ3) is 5.82. The SMILES string of the molecule is Cc1nc2ccccn2c1C(=O)N[C@@](C)(CO)c1nnn(C(F)F)n1.O=S(=O)(O)c1ccccc1. The molecule has 0 saturated carbocycles. The van der Waals surface area contributed by atoms with Crippen LogP contribution in [0.5, 0.6) is 0 Å². The third-order valence-corrected chi connectivity index (χ3v) is 5.63. The lowest BCUT2D eigenvalue weighted by atomic mass is 10.0. The lowest BCUT2D eigenvalue weighted by Crippen LogP contribution is -2.47. The molecule has 0 aliphatic carbocycles. The molecular weight excluding hydrogens is 488 g/mol. The first kappa shape index (κ1) is 25.8. The van der Waals surface area contributed by atoms with Crippen LogP contribution < -0.4 is 5.32 Å². The molecule has 4 rings (SSSR count). The van der Waals surface area contributed by atoms with Crippen molar-refractivity contribution in [2.45, 2.75) is 30.8 Å². The molecule has 4 aromatic rings. The number of tetrazole rings is 1. The van der Waals surface area contributed by atoms with E-state index in [2.05, 4.69) is 25.7 Å². The van der Waals surface area contributed by atoms with Gasteiger partial charge in [-0.1, -0.05) is 29.1 Å². The van der Waals surface area contributed by atoms with E-state index < -0.39 is 34.7 Å². The van der Waals surface area contributed by atoms with Crippen molar-refractivity contribution < 1.29 is 31.7 Å². The van der Waals surface area contributed by atoms with Crippen LogP contribution in [-0.4, -0.2) is 60.2 Å². The van der Waals surface area contributed by atoms with E-state index in [-0.39, 0.29) is 21.2 Å². The Morgan fingerprint density at radius 3 is 2.37 bits per heavy atom. The number of aliphatic hydroxyl groups is 1. The van der Waals surface area contributed by atoms with Gasteiger partial charge in [-0.3, -0.25) is 13.7 Å². The van der Waals surface area contributed by atoms with Crippen LogP contribution >= 0.6 is 0 Å². The number of imidazole rings is 1. The number of rotatable bonds is 6. The Labute approximate surface area is 198 Å². The van der Waals surface area contributed by atoms with E-state index in [9.17, 15) is 27.1 Å². The van der Waals surface area contributed by atoms with Crippen molar-refractivity contribution in [2.75, 3.05) is 6.61 Å². The molecular formula is C20H21F2N7O5S. The first-order chi connectivity index (χ1) is 16.5. The number of carbonyl (C=O) groups excluding carboxylic acids is 1. The van der Waals surface area contributed by atoms with Gasteiger partial charge < -0.3 is 10.4 Å². The van der Waals surface area contributed by atoms with Crippen LogP contribution in [-0.2, 0) is 15.7 Å². The summed E-state index contributed by atoms with van der Waals surface area (Å²) in [4.78, 5) is 17.0. The molecule has 0 unspecified atom stereocenters. The van der Waals surface area contributed by atoms with Gasteiger partial charge in [0.2, 0.25) is 5.82 Å². The topological polar surface area (TPSA) is 165 Å². The standard InChI is InChI=1S/C14H15F2N7O2.C6H6O3S/c1-8-10(22-6-4-3-5-9(22)17-8)11(25)18-14(2,7-24)12-19-21-23(20-12)13(15)16;7-10(8,9)6-4-2-1-3-5-6/h3-6,13,24H,7H2,1-2H3,(H,18,25);1-5H,(H,7,8,9)/t14-;/m0./s1. The molecule has 0 aliphatic heterocycles. The van der Waals surface area contributed by atoms with Gasteiger partial charge in [0.15, 0.2) is 0 Å². The van der Waals surface area contributed by atoms with E-state index in [0.29, 0.717) is 11.3 Å². The quantitative estimate of drug-likeness (QED) is 0.327. The van der Waals surface area contributed by atoms with E-state index in [1.165, 1.54) is 19.1 Å². The first-order valence-electron chi connectivity index (χ1n) is 9.94. The molecule has 0 aliphatic rings. The van der Waals surface area contributed by atoms with Crippen LogP contribution in [0, 0.1) is 6.92 Å². The number of alkyl halides is 2. The molecule has 3 N–H and O–H groups in total. The summed E-state index contributed by atoms with van der Waals surface area (Å²) in [6, 6.07) is 12.7. The number of aliphatic hydroxyl groups excluding tert-OH is 1. The molecule has 0 radical (unpaired) electrons. The molecule has 12 nitrogen and oxygen atoms in total. The minimum atomic E-state index is -4.00. The zero-order chi connectivity index (χ0) is 25.8. The van der Waals surface area contributed by atoms with Gasteiger partial charge >= 0.3 is 6.55 Å². The van der Waals surface area contributed by atoms with Crippen molar-refractivity contribution in [3.05, 3.63) is 71.9 Å². The molecule has 1 atom stereocenters. The second kappa shape index (κ2) is 10.2. The number of pyridine rings is 1. The first-order valence-corrected chi connectivity index (χ1v) is 11.4. The number of halogens is 2. The van der Waals surface area contributed by atoms with Crippen LogP contribution in [0.25, 0.3) is 5.65 Å². The second-order valence-corrected chi connectivity index (χ2v) is 8.84. The van der Waals surface area contributed by atoms with E-state index >= 15 is 0 Å². The fraction of sp³-hybridized carbons (Fsp3) is 0.250. The number of nitrogens with zero attached hydrogens (tertiary/aromatic N) is 6. The van der Waals surface area contributed by atoms with Crippen LogP contribution in [0.2, 0.25) is 0 Å². The van der Waals surface area contributed by atoms with E-state index in [1.54, 1.807) is 53.9 Å². The van der Waals surface area contributed by atoms with Crippen LogP contribution in [0.1, 0.15) is 35.5 Å². The van der Waals surface area contributed by atoms with Gasteiger partial charge in [-0.25, -0.2) is 4.98 Å². The van der Waals surface area contributed by atoms with Crippen LogP contribution in [0.15, 0.2) is 59.6 Å². The van der Waals surface area contributed by atoms with Gasteiger partial charge in [-0.15, -0.1) is 10.2 Å². The minimum Gasteiger partial charge on any atom is -0.393 e. The summed E-state index contributed by atoms with van der Waals surface area (Å²) in [5, 5.41) is 22.5. The van der Waals surface area contributed by atoms with Crippen molar-refractivity contribution in [3.8, 4) is 0 Å². The van der Waals surface area contributed by atoms with Crippen molar-refractivity contribution in [1.29, 1.82) is 0 Å². The van der Waals surface area contributed by atoms with E-state index in [0.717, 1.165) is 0 Å². The average Bonchev–Trinajstić information content (AvgIpc) is 3.44. The molecule has 15 heteroatoms. The molecule has 1 amide bonds. The molecule has 0 saturated heterocycles. The number of hydrogen-bond acceptors (Lipinski definition) is 8. The maximum absolute atomic E-state index is 12.7. The van der Waals surface area contributed by atoms with Gasteiger partial charge in [0.05, 0.1) is 17.2 Å². The number of aromatic nitrogens is 6. The van der Waals surface area contributed by atoms with E-state index in [4.69, 9.17) is 4.55 Å². The summed E-state index contributed by atoms with van der Waals surface area (Å²) in [6.45, 7) is -0.496. The molecule has 0 spiro atoms. The average molecular weight is 509 g/mol. The van der Waals surface area contributed by atoms with Gasteiger partial charge in [-0.2, -0.15) is 17.2 Å². The number of hydrogen-bond donors (Lipinski definition) is 3. The molecule has 3 heterocycles. The highest BCUT2D eigenvalue weighted by Crippen LogP contribution is 2.19. The van der Waals surface area contributed by atoms with Crippen LogP contribution in [0.3, 0.4) is 0 Å². The smallest absolute Gasteiger partial charge is 0.350 e. The zero-order valence-corrected chi connectivity index (χ0v) is 19.3. The number of amides is 1. The summed E-state index contributed by atoms with van der Waals surface area (Å²) < 4.78 is 56.1. The maximum atomic E-state index is 12.7. The van der Waals surface area contributed by atoms with Crippen molar-refractivity contribution >= 4 is 21.7 Å². The lowest BCUT2D eigenvalue weighted by molar-refractivity contribution is 0.0386. The predicted octanol–water partition coefficient (Wildman–Crippen LogP) is 1.60. The van der Waals surface area contributed by atoms with Crippen molar-refractivity contribution in [1.82, 2.24) is 34.9 Å². The Morgan fingerprint density at radius 2 is 1.83 bits per heavy atom. The highest BCUT2D eigenvalue weighted by atomic mass is 32.2. The Bertz CT molecular complexity index is 1430. The number of aryl methyl sites for hydroxylation is 1. The van der Waals surface area contributed by atoms with Crippen molar-refractivity contribution in [3.63, 3.8) is 0 Å². The Balaban J connectivity index is 0.000000287. The van der Waals surface area contributed by atoms with E-state index in [1.807, 2.05) is 0 Å². The highest BCUT2D eigenvalue weighted by Gasteiger charge is 2.35. The molecule has 0 fully saturated rings. The maximum Gasteiger partial charge on any atom is 0.350 e. The number of nitrogens with one attached hydrogen (secondary N) is 1. The van der Waals surface area contributed by atoms with Gasteiger partial charge in [0, 0.05) is 6.20 Å². The predicted molar refractivity (Wildman–Crippen MR) is 117 cm³/mol. The molecule has 3 aromatic heterocycles. The normalized spacial score (nSPS) is 13.2. The lowest BCUT2D eigenvalue weighted by Gasteiger charge is -2.25. The Kier molecular flexibility index (Phi) is 7.52. The van der Waals surface area contributed by atoms with Gasteiger partial charge in [-0.05, 0) is 43.3 Å². The summed E-state index contributed by atoms with van der Waals surface area (Å²) in [5.41, 5.74) is -0.169. The fourth-order valence-corrected chi connectivity index (χ4v) is 3.49. The largest absolute Gasteiger partial charge is 0.393 e. The summed E-state index contributed by atoms with van der Waals surface area (Å²) in [7, 11) is -4.00. The molecule has 186 valence electrons. The molecule has 1 aromatic carbocycles. The van der Waals surface area contributed by atoms with Gasteiger partial charge in [0.25, 0.3) is 16.0 Å². The number of fused-ring (bicyclic) bond motifs is 1. The Morgan fingerprint density at radius 1 is 1.17 bits per heavy atom. The zero-order valence-electron chi connectivity index (χ0n) is 18.4. The van der Waals surface area contributed by atoms with Gasteiger partial charge in [0.1, 0.15) is 16.9 Å². The number of benzene rings is 1. The summed E-state index contributed by atoms with van der Waals surface area (Å²) in [5.74, 6) is -0.781. The van der Waals surface area contributed by atoms with Crippen LogP contribution in [0.4, 0.5) is 8.78 Å². The second-order valence-electron chi connectivity index (χ2n) is 7.42. The summed E-state index contributed by atoms with van der Waals surface area (Å²) >= 11 is 0. The highest BCUT2D eigenvalue weighted by molar-refractivity contribution is 7.85. The molecule has 0 bridgehead atoms. The minimum absolute atomic E-state index is 0.0741. The fourth-order valence-electron chi connectivity index (χ4n) is 2.98. The molecule has 35 heavy (non-hydrogen) atoms. The Hall–Kier alpha value is -3.82. The number of carbonyl (C=O) groups is 1.